The summed E-state index contributed by atoms with van der Waals surface area (Å²) in [7, 11) is 0. The van der Waals surface area contributed by atoms with E-state index in [4.69, 9.17) is 0 Å². The number of hydrogen-bond donors (Lipinski definition) is 0. The van der Waals surface area contributed by atoms with Gasteiger partial charge in [0.05, 0.1) is 0 Å². The Kier molecular flexibility index (Phi) is 55.0. The van der Waals surface area contributed by atoms with Gasteiger partial charge in [-0.05, 0) is 6.42 Å². The zero-order valence-corrected chi connectivity index (χ0v) is 40.4. The van der Waals surface area contributed by atoms with Crippen molar-refractivity contribution in [2.45, 2.75) is 341 Å². The lowest BCUT2D eigenvalue weighted by Crippen LogP contribution is -1.85. The molecular weight excluding hydrogens is 728 g/mol. The Bertz CT molecular complexity index is 562. The van der Waals surface area contributed by atoms with Crippen molar-refractivity contribution in [2.75, 3.05) is 5.33 Å². The van der Waals surface area contributed by atoms with E-state index in [1.165, 1.54) is 339 Å². The molecule has 0 aromatic rings. The summed E-state index contributed by atoms with van der Waals surface area (Å²) in [6, 6.07) is 0. The Labute approximate surface area is 360 Å². The molecule has 0 amide bonds. The summed E-state index contributed by atoms with van der Waals surface area (Å²) in [6.07, 6.45) is 77.2. The summed E-state index contributed by atoms with van der Waals surface area (Å²) in [5, 5.41) is 1.19. The maximum atomic E-state index is 3.53. The molecule has 0 aliphatic carbocycles. The fraction of sp³-hybridized carbons (Fsp3) is 1.00. The van der Waals surface area contributed by atoms with Gasteiger partial charge < -0.3 is 0 Å². The van der Waals surface area contributed by atoms with E-state index >= 15 is 0 Å². The van der Waals surface area contributed by atoms with Gasteiger partial charge in [0.15, 0.2) is 0 Å². The minimum atomic E-state index is 1.19. The van der Waals surface area contributed by atoms with E-state index < -0.39 is 0 Å². The molecule has 0 N–H and O–H groups in total. The molecule has 0 spiro atoms. The van der Waals surface area contributed by atoms with Gasteiger partial charge in [-0.15, -0.1) is 0 Å². The Morgan fingerprint density at radius 1 is 0.145 bits per heavy atom. The molecule has 0 fully saturated rings. The second-order valence-corrected chi connectivity index (χ2v) is 19.5. The Morgan fingerprint density at radius 2 is 0.236 bits per heavy atom. The molecule has 0 rings (SSSR count). The predicted molar refractivity (Wildman–Crippen MR) is 260 cm³/mol. The van der Waals surface area contributed by atoms with Crippen LogP contribution >= 0.6 is 15.9 Å². The van der Waals surface area contributed by atoms with Crippen LogP contribution in [0.4, 0.5) is 0 Å². The average Bonchev–Trinajstić information content (AvgIpc) is 3.20. The highest BCUT2D eigenvalue weighted by molar-refractivity contribution is 9.09. The number of unbranched alkanes of at least 4 members (excludes halogenated alkanes) is 51. The topological polar surface area (TPSA) is 0 Å². The molecule has 0 saturated heterocycles. The normalized spacial score (nSPS) is 11.7. The first kappa shape index (κ1) is 55.5. The third-order valence-electron chi connectivity index (χ3n) is 13.0. The summed E-state index contributed by atoms with van der Waals surface area (Å²) < 4.78 is 0. The first-order valence-corrected chi connectivity index (χ1v) is 28.1. The van der Waals surface area contributed by atoms with Crippen LogP contribution in [-0.4, -0.2) is 5.33 Å². The van der Waals surface area contributed by atoms with Crippen molar-refractivity contribution in [1.29, 1.82) is 0 Å². The van der Waals surface area contributed by atoms with Gasteiger partial charge in [-0.25, -0.2) is 0 Å². The quantitative estimate of drug-likeness (QED) is 0.0423. The molecule has 0 aliphatic heterocycles. The van der Waals surface area contributed by atoms with Gasteiger partial charge in [-0.3, -0.25) is 0 Å². The maximum Gasteiger partial charge on any atom is 0.00313 e. The highest BCUT2D eigenvalue weighted by atomic mass is 79.9. The zero-order chi connectivity index (χ0) is 39.5. The molecule has 0 aromatic heterocycles. The smallest absolute Gasteiger partial charge is 0.00313 e. The van der Waals surface area contributed by atoms with Crippen LogP contribution in [0.15, 0.2) is 0 Å². The van der Waals surface area contributed by atoms with Crippen LogP contribution in [-0.2, 0) is 0 Å². The molecule has 55 heavy (non-hydrogen) atoms. The van der Waals surface area contributed by atoms with Crippen molar-refractivity contribution >= 4 is 15.9 Å². The molecule has 0 aromatic carbocycles. The lowest BCUT2D eigenvalue weighted by atomic mass is 10.0. The maximum absolute atomic E-state index is 3.53. The van der Waals surface area contributed by atoms with Gasteiger partial charge >= 0.3 is 0 Å². The second-order valence-electron chi connectivity index (χ2n) is 18.7. The molecule has 0 radical (unpaired) electrons. The average molecular weight is 838 g/mol. The molecule has 1 heteroatoms. The summed E-state index contributed by atoms with van der Waals surface area (Å²) in [5.41, 5.74) is 0. The second kappa shape index (κ2) is 54.5. The summed E-state index contributed by atoms with van der Waals surface area (Å²) in [6.45, 7) is 2.31. The SMILES string of the molecule is CCCCCCCCCCCCCCCCCCCCCCCCCCCCCCCCCCCCCCCCCCCCCCCCCCCCCCBr. The van der Waals surface area contributed by atoms with Crippen LogP contribution in [0.3, 0.4) is 0 Å². The third-order valence-corrected chi connectivity index (χ3v) is 13.5. The molecule has 0 unspecified atom stereocenters. The highest BCUT2D eigenvalue weighted by Gasteiger charge is 1.99. The first-order valence-electron chi connectivity index (χ1n) is 27.0. The molecule has 0 saturated carbocycles. The van der Waals surface area contributed by atoms with Crippen LogP contribution in [0.1, 0.15) is 341 Å². The first-order chi connectivity index (χ1) is 27.4. The number of hydrogen-bond acceptors (Lipinski definition) is 0. The lowest BCUT2D eigenvalue weighted by molar-refractivity contribution is 0.507. The van der Waals surface area contributed by atoms with Crippen molar-refractivity contribution in [3.8, 4) is 0 Å². The van der Waals surface area contributed by atoms with Gasteiger partial charge in [0.2, 0.25) is 0 Å². The van der Waals surface area contributed by atoms with Gasteiger partial charge in [-0.2, -0.15) is 0 Å². The van der Waals surface area contributed by atoms with Gasteiger partial charge in [0.25, 0.3) is 0 Å². The number of halogens is 1. The van der Waals surface area contributed by atoms with Crippen molar-refractivity contribution in [3.63, 3.8) is 0 Å². The largest absolute Gasteiger partial charge is 0.0928 e. The molecular formula is C54H109Br. The Morgan fingerprint density at radius 3 is 0.327 bits per heavy atom. The van der Waals surface area contributed by atoms with Crippen LogP contribution in [0.5, 0.6) is 0 Å². The third kappa shape index (κ3) is 54.5. The van der Waals surface area contributed by atoms with Crippen molar-refractivity contribution < 1.29 is 0 Å². The zero-order valence-electron chi connectivity index (χ0n) is 38.9. The standard InChI is InChI=1S/C54H109Br/c1-2-3-4-5-6-7-8-9-10-11-12-13-14-15-16-17-18-19-20-21-22-23-24-25-26-27-28-29-30-31-32-33-34-35-36-37-38-39-40-41-42-43-44-45-46-47-48-49-50-51-52-53-54-55/h2-54H2,1H3. The molecule has 332 valence electrons. The summed E-state index contributed by atoms with van der Waals surface area (Å²) >= 11 is 3.53. The van der Waals surface area contributed by atoms with E-state index in [0.717, 1.165) is 0 Å². The van der Waals surface area contributed by atoms with E-state index in [2.05, 4.69) is 22.9 Å². The monoisotopic (exact) mass is 837 g/mol. The molecule has 0 atom stereocenters. The van der Waals surface area contributed by atoms with Crippen LogP contribution in [0.2, 0.25) is 0 Å². The van der Waals surface area contributed by atoms with Crippen molar-refractivity contribution in [1.82, 2.24) is 0 Å². The predicted octanol–water partition coefficient (Wildman–Crippen LogP) is 21.7. The molecule has 0 nitrogen and oxygen atoms in total. The van der Waals surface area contributed by atoms with Crippen LogP contribution in [0, 0.1) is 0 Å². The highest BCUT2D eigenvalue weighted by Crippen LogP contribution is 2.19. The van der Waals surface area contributed by atoms with E-state index in [-0.39, 0.29) is 0 Å². The van der Waals surface area contributed by atoms with E-state index in [0.29, 0.717) is 0 Å². The fourth-order valence-electron chi connectivity index (χ4n) is 9.01. The minimum Gasteiger partial charge on any atom is -0.0928 e. The van der Waals surface area contributed by atoms with Crippen LogP contribution in [0.25, 0.3) is 0 Å². The minimum absolute atomic E-state index is 1.19. The molecule has 0 heterocycles. The summed E-state index contributed by atoms with van der Waals surface area (Å²) in [4.78, 5) is 0. The van der Waals surface area contributed by atoms with Crippen LogP contribution < -0.4 is 0 Å². The molecule has 0 bridgehead atoms. The van der Waals surface area contributed by atoms with Gasteiger partial charge in [0, 0.05) is 5.33 Å². The lowest BCUT2D eigenvalue weighted by Gasteiger charge is -2.05. The van der Waals surface area contributed by atoms with Crippen molar-refractivity contribution in [2.24, 2.45) is 0 Å². The van der Waals surface area contributed by atoms with E-state index in [1.54, 1.807) is 0 Å². The van der Waals surface area contributed by atoms with E-state index in [9.17, 15) is 0 Å². The summed E-state index contributed by atoms with van der Waals surface area (Å²) in [5.74, 6) is 0. The number of rotatable bonds is 52. The van der Waals surface area contributed by atoms with E-state index in [1.807, 2.05) is 0 Å². The Balaban J connectivity index is 3.05. The fourth-order valence-corrected chi connectivity index (χ4v) is 9.40. The van der Waals surface area contributed by atoms with Gasteiger partial charge in [-0.1, -0.05) is 350 Å². The Hall–Kier alpha value is 0.480. The van der Waals surface area contributed by atoms with Crippen molar-refractivity contribution in [3.05, 3.63) is 0 Å². The molecule has 0 aliphatic rings. The number of alkyl halides is 1. The van der Waals surface area contributed by atoms with Gasteiger partial charge in [0.1, 0.15) is 0 Å².